The Bertz CT molecular complexity index is 275. The van der Waals surface area contributed by atoms with E-state index in [0.29, 0.717) is 0 Å². The largest absolute Gasteiger partial charge is 0.393 e. The molecule has 2 saturated heterocycles. The number of hydrogen-bond acceptors (Lipinski definition) is 4. The van der Waals surface area contributed by atoms with E-state index >= 15 is 0 Å². The Morgan fingerprint density at radius 2 is 1.56 bits per heavy atom. The third-order valence-electron chi connectivity index (χ3n) is 4.15. The smallest absolute Gasteiger partial charge is 0.0717 e. The van der Waals surface area contributed by atoms with Gasteiger partial charge < -0.3 is 14.9 Å². The second-order valence-electron chi connectivity index (χ2n) is 5.72. The zero-order valence-corrected chi connectivity index (χ0v) is 11.2. The molecule has 1 N–H and O–H groups in total. The van der Waals surface area contributed by atoms with Gasteiger partial charge in [-0.2, -0.15) is 5.26 Å². The first-order chi connectivity index (χ1) is 8.78. The first-order valence-electron chi connectivity index (χ1n) is 7.30. The molecule has 102 valence electrons. The Morgan fingerprint density at radius 3 is 2.11 bits per heavy atom. The summed E-state index contributed by atoms with van der Waals surface area (Å²) >= 11 is 0. The van der Waals surface area contributed by atoms with Crippen LogP contribution < -0.4 is 0 Å². The molecule has 0 spiro atoms. The Balaban J connectivity index is 1.73. The highest BCUT2D eigenvalue weighted by Gasteiger charge is 2.22. The molecule has 4 nitrogen and oxygen atoms in total. The van der Waals surface area contributed by atoms with Crippen molar-refractivity contribution in [2.45, 2.75) is 38.2 Å². The zero-order chi connectivity index (χ0) is 12.8. The SMILES string of the molecule is N#CC(CN1CCCCC1)CN1CCC(O)CC1. The van der Waals surface area contributed by atoms with Crippen LogP contribution in [0.3, 0.4) is 0 Å². The van der Waals surface area contributed by atoms with E-state index in [0.717, 1.165) is 52.1 Å². The zero-order valence-electron chi connectivity index (χ0n) is 11.2. The summed E-state index contributed by atoms with van der Waals surface area (Å²) < 4.78 is 0. The number of nitriles is 1. The summed E-state index contributed by atoms with van der Waals surface area (Å²) in [6.07, 6.45) is 5.52. The third kappa shape index (κ3) is 4.24. The Hall–Kier alpha value is -0.630. The highest BCUT2D eigenvalue weighted by Crippen LogP contribution is 2.14. The molecule has 0 aromatic rings. The van der Waals surface area contributed by atoms with E-state index < -0.39 is 0 Å². The van der Waals surface area contributed by atoms with Gasteiger partial charge in [0.2, 0.25) is 0 Å². The molecule has 2 aliphatic heterocycles. The molecule has 4 heteroatoms. The summed E-state index contributed by atoms with van der Waals surface area (Å²) in [7, 11) is 0. The van der Waals surface area contributed by atoms with Gasteiger partial charge in [-0.15, -0.1) is 0 Å². The van der Waals surface area contributed by atoms with Crippen molar-refractivity contribution in [2.75, 3.05) is 39.3 Å². The van der Waals surface area contributed by atoms with Crippen LogP contribution in [0.5, 0.6) is 0 Å². The summed E-state index contributed by atoms with van der Waals surface area (Å²) in [5.41, 5.74) is 0. The van der Waals surface area contributed by atoms with E-state index in [1.165, 1.54) is 19.3 Å². The van der Waals surface area contributed by atoms with Crippen molar-refractivity contribution in [1.82, 2.24) is 9.80 Å². The second kappa shape index (κ2) is 7.08. The molecule has 0 radical (unpaired) electrons. The highest BCUT2D eigenvalue weighted by molar-refractivity contribution is 4.89. The van der Waals surface area contributed by atoms with E-state index in [9.17, 15) is 10.4 Å². The van der Waals surface area contributed by atoms with Gasteiger partial charge in [0, 0.05) is 26.2 Å². The Labute approximate surface area is 110 Å². The van der Waals surface area contributed by atoms with E-state index in [-0.39, 0.29) is 12.0 Å². The number of aliphatic hydroxyl groups excluding tert-OH is 1. The van der Waals surface area contributed by atoms with Crippen LogP contribution >= 0.6 is 0 Å². The molecule has 0 saturated carbocycles. The maximum absolute atomic E-state index is 9.48. The van der Waals surface area contributed by atoms with Crippen molar-refractivity contribution < 1.29 is 5.11 Å². The van der Waals surface area contributed by atoms with Crippen LogP contribution in [-0.2, 0) is 0 Å². The predicted molar refractivity (Wildman–Crippen MR) is 71.1 cm³/mol. The van der Waals surface area contributed by atoms with Crippen LogP contribution in [0.2, 0.25) is 0 Å². The molecule has 2 heterocycles. The minimum Gasteiger partial charge on any atom is -0.393 e. The lowest BCUT2D eigenvalue weighted by Gasteiger charge is -2.33. The van der Waals surface area contributed by atoms with Crippen molar-refractivity contribution in [1.29, 1.82) is 5.26 Å². The van der Waals surface area contributed by atoms with Crippen molar-refractivity contribution >= 4 is 0 Å². The molecule has 1 atom stereocenters. The molecule has 18 heavy (non-hydrogen) atoms. The van der Waals surface area contributed by atoms with Crippen molar-refractivity contribution in [3.8, 4) is 6.07 Å². The quantitative estimate of drug-likeness (QED) is 0.812. The summed E-state index contributed by atoms with van der Waals surface area (Å²) in [6.45, 7) is 6.02. The number of hydrogen-bond donors (Lipinski definition) is 1. The fraction of sp³-hybridized carbons (Fsp3) is 0.929. The minimum absolute atomic E-state index is 0.121. The number of rotatable bonds is 4. The standard InChI is InChI=1S/C14H25N3O/c15-10-13(11-16-6-2-1-3-7-16)12-17-8-4-14(18)5-9-17/h13-14,18H,1-9,11-12H2. The second-order valence-corrected chi connectivity index (χ2v) is 5.72. The van der Waals surface area contributed by atoms with Gasteiger partial charge in [0.15, 0.2) is 0 Å². The van der Waals surface area contributed by atoms with Gasteiger partial charge in [-0.1, -0.05) is 6.42 Å². The lowest BCUT2D eigenvalue weighted by atomic mass is 10.0. The van der Waals surface area contributed by atoms with Crippen LogP contribution in [0.25, 0.3) is 0 Å². The van der Waals surface area contributed by atoms with Gasteiger partial charge in [-0.05, 0) is 38.8 Å². The fourth-order valence-electron chi connectivity index (χ4n) is 3.01. The van der Waals surface area contributed by atoms with Gasteiger partial charge in [0.05, 0.1) is 18.1 Å². The van der Waals surface area contributed by atoms with E-state index in [2.05, 4.69) is 15.9 Å². The Kier molecular flexibility index (Phi) is 5.43. The van der Waals surface area contributed by atoms with Gasteiger partial charge >= 0.3 is 0 Å². The molecule has 0 aromatic carbocycles. The summed E-state index contributed by atoms with van der Waals surface area (Å²) in [6, 6.07) is 2.46. The molecule has 2 aliphatic rings. The molecule has 2 rings (SSSR count). The normalized spacial score (nSPS) is 25.8. The average molecular weight is 251 g/mol. The van der Waals surface area contributed by atoms with E-state index in [1.54, 1.807) is 0 Å². The molecular weight excluding hydrogens is 226 g/mol. The van der Waals surface area contributed by atoms with Crippen LogP contribution in [-0.4, -0.2) is 60.3 Å². The van der Waals surface area contributed by atoms with Crippen LogP contribution in [0.15, 0.2) is 0 Å². The maximum Gasteiger partial charge on any atom is 0.0717 e. The summed E-state index contributed by atoms with van der Waals surface area (Å²) in [5, 5.41) is 18.8. The monoisotopic (exact) mass is 251 g/mol. The molecule has 0 amide bonds. The fourth-order valence-corrected chi connectivity index (χ4v) is 3.01. The predicted octanol–water partition coefficient (Wildman–Crippen LogP) is 1.07. The summed E-state index contributed by atoms with van der Waals surface area (Å²) in [5.74, 6) is 0.123. The van der Waals surface area contributed by atoms with Crippen LogP contribution in [0.1, 0.15) is 32.1 Å². The first-order valence-corrected chi connectivity index (χ1v) is 7.30. The van der Waals surface area contributed by atoms with Crippen LogP contribution in [0.4, 0.5) is 0 Å². The van der Waals surface area contributed by atoms with Crippen LogP contribution in [0, 0.1) is 17.2 Å². The minimum atomic E-state index is -0.121. The van der Waals surface area contributed by atoms with Crippen molar-refractivity contribution in [3.05, 3.63) is 0 Å². The highest BCUT2D eigenvalue weighted by atomic mass is 16.3. The molecule has 0 bridgehead atoms. The van der Waals surface area contributed by atoms with Gasteiger partial charge in [0.25, 0.3) is 0 Å². The molecule has 0 aliphatic carbocycles. The lowest BCUT2D eigenvalue weighted by Crippen LogP contribution is -2.42. The molecule has 2 fully saturated rings. The third-order valence-corrected chi connectivity index (χ3v) is 4.15. The van der Waals surface area contributed by atoms with Gasteiger partial charge in [-0.25, -0.2) is 0 Å². The number of likely N-dealkylation sites (tertiary alicyclic amines) is 2. The van der Waals surface area contributed by atoms with Gasteiger partial charge in [0.1, 0.15) is 0 Å². The van der Waals surface area contributed by atoms with Gasteiger partial charge in [-0.3, -0.25) is 0 Å². The first kappa shape index (κ1) is 13.8. The van der Waals surface area contributed by atoms with E-state index in [1.807, 2.05) is 0 Å². The topological polar surface area (TPSA) is 50.5 Å². The molecule has 1 unspecified atom stereocenters. The molecule has 0 aromatic heterocycles. The Morgan fingerprint density at radius 1 is 1.00 bits per heavy atom. The number of piperidine rings is 2. The maximum atomic E-state index is 9.48. The van der Waals surface area contributed by atoms with Crippen molar-refractivity contribution in [2.24, 2.45) is 5.92 Å². The average Bonchev–Trinajstić information content (AvgIpc) is 2.41. The number of nitrogens with zero attached hydrogens (tertiary/aromatic N) is 3. The van der Waals surface area contributed by atoms with E-state index in [4.69, 9.17) is 0 Å². The number of aliphatic hydroxyl groups is 1. The summed E-state index contributed by atoms with van der Waals surface area (Å²) in [4.78, 5) is 4.78. The molecular formula is C14H25N3O. The lowest BCUT2D eigenvalue weighted by molar-refractivity contribution is 0.0742. The van der Waals surface area contributed by atoms with Crippen molar-refractivity contribution in [3.63, 3.8) is 0 Å².